The van der Waals surface area contributed by atoms with Crippen LogP contribution in [0.15, 0.2) is 28.0 Å². The molecule has 1 heterocycles. The number of halogens is 1. The molecule has 0 aromatic heterocycles. The Morgan fingerprint density at radius 1 is 1.58 bits per heavy atom. The number of allylic oxidation sites excluding steroid dienone is 2. The van der Waals surface area contributed by atoms with E-state index in [0.29, 0.717) is 17.0 Å². The first kappa shape index (κ1) is 16.1. The number of piperazine rings is 1. The zero-order chi connectivity index (χ0) is 14.3. The first-order valence-electron chi connectivity index (χ1n) is 6.93. The Bertz CT molecular complexity index is 374. The number of nitrogens with one attached hydrogen (secondary N) is 1. The highest BCUT2D eigenvalue weighted by Crippen LogP contribution is 2.12. The Morgan fingerprint density at radius 2 is 2.32 bits per heavy atom. The van der Waals surface area contributed by atoms with Gasteiger partial charge in [-0.25, -0.2) is 4.99 Å². The van der Waals surface area contributed by atoms with Crippen molar-refractivity contribution in [1.82, 2.24) is 10.2 Å². The van der Waals surface area contributed by atoms with Gasteiger partial charge in [-0.1, -0.05) is 31.0 Å². The minimum atomic E-state index is 0.461. The molecule has 0 aromatic carbocycles. The Hall–Kier alpha value is -1.00. The van der Waals surface area contributed by atoms with Crippen LogP contribution >= 0.6 is 11.6 Å². The maximum Gasteiger partial charge on any atom is 0.148 e. The van der Waals surface area contributed by atoms with Gasteiger partial charge in [0.25, 0.3) is 0 Å². The third-order valence-electron chi connectivity index (χ3n) is 3.07. The summed E-state index contributed by atoms with van der Waals surface area (Å²) in [7, 11) is 0. The molecule has 1 rings (SSSR count). The predicted octanol–water partition coefficient (Wildman–Crippen LogP) is 2.42. The van der Waals surface area contributed by atoms with E-state index in [1.807, 2.05) is 19.1 Å². The second-order valence-corrected chi connectivity index (χ2v) is 5.17. The van der Waals surface area contributed by atoms with Crippen molar-refractivity contribution in [2.24, 2.45) is 10.7 Å². The molecular formula is C14H25ClN4. The summed E-state index contributed by atoms with van der Waals surface area (Å²) >= 11 is 6.06. The Kier molecular flexibility index (Phi) is 6.95. The van der Waals surface area contributed by atoms with Gasteiger partial charge >= 0.3 is 0 Å². The lowest BCUT2D eigenvalue weighted by molar-refractivity contribution is 0.265. The van der Waals surface area contributed by atoms with Crippen LogP contribution in [0, 0.1) is 0 Å². The van der Waals surface area contributed by atoms with Crippen molar-refractivity contribution in [3.05, 3.63) is 23.0 Å². The molecule has 0 aliphatic carbocycles. The fourth-order valence-electron chi connectivity index (χ4n) is 2.13. The number of aliphatic imine (C=N–C) groups is 1. The molecule has 1 aliphatic heterocycles. The number of hydrogen-bond acceptors (Lipinski definition) is 3. The molecule has 19 heavy (non-hydrogen) atoms. The van der Waals surface area contributed by atoms with E-state index in [-0.39, 0.29) is 0 Å². The molecule has 1 unspecified atom stereocenters. The summed E-state index contributed by atoms with van der Waals surface area (Å²) in [5.74, 6) is 0.494. The van der Waals surface area contributed by atoms with Crippen molar-refractivity contribution in [2.75, 3.05) is 19.6 Å². The first-order valence-corrected chi connectivity index (χ1v) is 7.31. The van der Waals surface area contributed by atoms with Crippen molar-refractivity contribution >= 4 is 17.4 Å². The lowest BCUT2D eigenvalue weighted by atomic mass is 10.2. The zero-order valence-electron chi connectivity index (χ0n) is 12.1. The van der Waals surface area contributed by atoms with Crippen LogP contribution in [0.1, 0.15) is 33.6 Å². The summed E-state index contributed by atoms with van der Waals surface area (Å²) in [6, 6.07) is 0.461. The van der Waals surface area contributed by atoms with E-state index in [9.17, 15) is 0 Å². The standard InChI is InChI=1S/C14H25ClN4/c1-4-6-7-13(15)18-14(16)12(5-2)19-9-8-17-11(3)10-19/h5,7,11,17H,4,6,8-10H2,1-3H3,(H2,16,18)/b12-5+,13-7+. The van der Waals surface area contributed by atoms with E-state index in [1.54, 1.807) is 0 Å². The molecule has 1 atom stereocenters. The molecule has 0 bridgehead atoms. The van der Waals surface area contributed by atoms with Gasteiger partial charge in [0.2, 0.25) is 0 Å². The molecule has 0 saturated carbocycles. The Labute approximate surface area is 121 Å². The summed E-state index contributed by atoms with van der Waals surface area (Å²) in [4.78, 5) is 6.53. The van der Waals surface area contributed by atoms with Gasteiger partial charge in [0, 0.05) is 25.7 Å². The van der Waals surface area contributed by atoms with Gasteiger partial charge in [-0.3, -0.25) is 0 Å². The highest BCUT2D eigenvalue weighted by atomic mass is 35.5. The third kappa shape index (κ3) is 5.25. The third-order valence-corrected chi connectivity index (χ3v) is 3.31. The largest absolute Gasteiger partial charge is 0.382 e. The molecule has 5 heteroatoms. The van der Waals surface area contributed by atoms with Crippen LogP contribution in [-0.2, 0) is 0 Å². The predicted molar refractivity (Wildman–Crippen MR) is 83.3 cm³/mol. The van der Waals surface area contributed by atoms with E-state index in [0.717, 1.165) is 38.2 Å². The van der Waals surface area contributed by atoms with E-state index < -0.39 is 0 Å². The average molecular weight is 285 g/mol. The monoisotopic (exact) mass is 284 g/mol. The molecule has 0 spiro atoms. The minimum absolute atomic E-state index is 0.461. The van der Waals surface area contributed by atoms with Crippen molar-refractivity contribution in [2.45, 2.75) is 39.7 Å². The van der Waals surface area contributed by atoms with Crippen LogP contribution in [0.3, 0.4) is 0 Å². The zero-order valence-corrected chi connectivity index (χ0v) is 12.9. The SMILES string of the molecule is C\C=C(/C(N)=N\C(Cl)=C\CCC)N1CCNC(C)C1. The van der Waals surface area contributed by atoms with Gasteiger partial charge < -0.3 is 16.0 Å². The normalized spacial score (nSPS) is 22.8. The molecule has 1 fully saturated rings. The summed E-state index contributed by atoms with van der Waals surface area (Å²) in [5.41, 5.74) is 7.04. The number of nitrogens with two attached hydrogens (primary N) is 1. The van der Waals surface area contributed by atoms with Crippen LogP contribution in [-0.4, -0.2) is 36.4 Å². The molecule has 0 aromatic rings. The lowest BCUT2D eigenvalue weighted by Crippen LogP contribution is -2.50. The number of unbranched alkanes of at least 4 members (excludes halogenated alkanes) is 1. The van der Waals surface area contributed by atoms with Gasteiger partial charge in [-0.05, 0) is 26.3 Å². The van der Waals surface area contributed by atoms with Crippen molar-refractivity contribution in [3.8, 4) is 0 Å². The molecule has 4 nitrogen and oxygen atoms in total. The van der Waals surface area contributed by atoms with Gasteiger partial charge in [0.05, 0.1) is 5.70 Å². The molecule has 0 radical (unpaired) electrons. The van der Waals surface area contributed by atoms with E-state index >= 15 is 0 Å². The summed E-state index contributed by atoms with van der Waals surface area (Å²) in [5, 5.41) is 3.89. The highest BCUT2D eigenvalue weighted by molar-refractivity contribution is 6.30. The molecule has 1 aliphatic rings. The van der Waals surface area contributed by atoms with E-state index in [1.165, 1.54) is 0 Å². The van der Waals surface area contributed by atoms with Gasteiger partial charge in [-0.2, -0.15) is 0 Å². The van der Waals surface area contributed by atoms with Crippen LogP contribution in [0.5, 0.6) is 0 Å². The summed E-state index contributed by atoms with van der Waals surface area (Å²) in [6.07, 6.45) is 5.88. The van der Waals surface area contributed by atoms with Crippen molar-refractivity contribution < 1.29 is 0 Å². The molecule has 108 valence electrons. The molecule has 0 amide bonds. The number of nitrogens with zero attached hydrogens (tertiary/aromatic N) is 2. The van der Waals surface area contributed by atoms with Gasteiger partial charge in [-0.15, -0.1) is 0 Å². The fraction of sp³-hybridized carbons (Fsp3) is 0.643. The van der Waals surface area contributed by atoms with E-state index in [4.69, 9.17) is 17.3 Å². The second kappa shape index (κ2) is 8.23. The quantitative estimate of drug-likeness (QED) is 0.463. The number of rotatable bonds is 5. The molecule has 3 N–H and O–H groups in total. The van der Waals surface area contributed by atoms with Crippen LogP contribution in [0.4, 0.5) is 0 Å². The Morgan fingerprint density at radius 3 is 2.89 bits per heavy atom. The summed E-state index contributed by atoms with van der Waals surface area (Å²) < 4.78 is 0. The van der Waals surface area contributed by atoms with E-state index in [2.05, 4.69) is 29.1 Å². The molecule has 1 saturated heterocycles. The molecular weight excluding hydrogens is 260 g/mol. The van der Waals surface area contributed by atoms with Crippen molar-refractivity contribution in [1.29, 1.82) is 0 Å². The topological polar surface area (TPSA) is 53.6 Å². The highest BCUT2D eigenvalue weighted by Gasteiger charge is 2.19. The fourth-order valence-corrected chi connectivity index (χ4v) is 2.33. The number of amidine groups is 1. The summed E-state index contributed by atoms with van der Waals surface area (Å²) in [6.45, 7) is 9.09. The minimum Gasteiger partial charge on any atom is -0.382 e. The lowest BCUT2D eigenvalue weighted by Gasteiger charge is -2.34. The second-order valence-electron chi connectivity index (χ2n) is 4.79. The number of hydrogen-bond donors (Lipinski definition) is 2. The van der Waals surface area contributed by atoms with Crippen LogP contribution in [0.25, 0.3) is 0 Å². The maximum atomic E-state index is 6.07. The van der Waals surface area contributed by atoms with Crippen LogP contribution in [0.2, 0.25) is 0 Å². The first-order chi connectivity index (χ1) is 9.08. The van der Waals surface area contributed by atoms with Crippen molar-refractivity contribution in [3.63, 3.8) is 0 Å². The van der Waals surface area contributed by atoms with Crippen LogP contribution < -0.4 is 11.1 Å². The average Bonchev–Trinajstić information content (AvgIpc) is 2.37. The van der Waals surface area contributed by atoms with Gasteiger partial charge in [0.1, 0.15) is 11.0 Å². The smallest absolute Gasteiger partial charge is 0.148 e. The van der Waals surface area contributed by atoms with Gasteiger partial charge in [0.15, 0.2) is 0 Å². The maximum absolute atomic E-state index is 6.07. The Balaban J connectivity index is 2.76.